The summed E-state index contributed by atoms with van der Waals surface area (Å²) in [5.74, 6) is -2.46. The highest BCUT2D eigenvalue weighted by Gasteiger charge is 2.51. The van der Waals surface area contributed by atoms with Gasteiger partial charge in [-0.25, -0.2) is 14.3 Å². The maximum atomic E-state index is 11.9. The Balaban J connectivity index is 1.82. The second kappa shape index (κ2) is 6.11. The molecule has 10 nitrogen and oxygen atoms in total. The standard InChI is InChI=1S/C12H13N5O5S2/c1-16-12(14-7(15-16)11(21)22)24-3-4-2-23-9-5(13)8(18)17(9)6(4)10(19)20/h5,9H,2-3,13H2,1H3,(H,19,20)(H,21,22). The normalized spacial score (nSPS) is 23.1. The maximum Gasteiger partial charge on any atom is 0.375 e. The van der Waals surface area contributed by atoms with Crippen molar-refractivity contribution in [3.63, 3.8) is 0 Å². The first-order valence-electron chi connectivity index (χ1n) is 6.74. The number of carboxylic acid groups (broad SMARTS) is 2. The predicted octanol–water partition coefficient (Wildman–Crippen LogP) is -0.813. The number of thioether (sulfide) groups is 2. The van der Waals surface area contributed by atoms with Crippen LogP contribution in [0, 0.1) is 0 Å². The molecule has 0 bridgehead atoms. The maximum absolute atomic E-state index is 11.9. The number of nitrogens with zero attached hydrogens (tertiary/aromatic N) is 4. The summed E-state index contributed by atoms with van der Waals surface area (Å²) in [5.41, 5.74) is 6.21. The van der Waals surface area contributed by atoms with Crippen LogP contribution in [-0.2, 0) is 16.6 Å². The fraction of sp³-hybridized carbons (Fsp3) is 0.417. The van der Waals surface area contributed by atoms with Crippen LogP contribution in [0.25, 0.3) is 0 Å². The molecule has 4 N–H and O–H groups in total. The van der Waals surface area contributed by atoms with Gasteiger partial charge in [-0.05, 0) is 5.57 Å². The number of fused-ring (bicyclic) bond motifs is 1. The fourth-order valence-electron chi connectivity index (χ4n) is 2.43. The number of rotatable bonds is 5. The summed E-state index contributed by atoms with van der Waals surface area (Å²) in [4.78, 5) is 39.4. The quantitative estimate of drug-likeness (QED) is 0.442. The van der Waals surface area contributed by atoms with Crippen molar-refractivity contribution in [1.29, 1.82) is 0 Å². The summed E-state index contributed by atoms with van der Waals surface area (Å²) in [6, 6.07) is -0.671. The number of carbonyl (C=O) groups excluding carboxylic acids is 1. The van der Waals surface area contributed by atoms with Crippen molar-refractivity contribution in [2.45, 2.75) is 16.6 Å². The van der Waals surface area contributed by atoms with Gasteiger partial charge in [-0.2, -0.15) is 4.98 Å². The van der Waals surface area contributed by atoms with E-state index in [4.69, 9.17) is 10.8 Å². The van der Waals surface area contributed by atoms with Crippen LogP contribution in [0.2, 0.25) is 0 Å². The highest BCUT2D eigenvalue weighted by molar-refractivity contribution is 8.01. The number of aromatic nitrogens is 3. The Morgan fingerprint density at radius 1 is 1.42 bits per heavy atom. The minimum absolute atomic E-state index is 0.0430. The molecular formula is C12H13N5O5S2. The van der Waals surface area contributed by atoms with Crippen molar-refractivity contribution in [3.8, 4) is 0 Å². The number of amides is 1. The molecule has 128 valence electrons. The first kappa shape index (κ1) is 16.8. The summed E-state index contributed by atoms with van der Waals surface area (Å²) in [7, 11) is 1.55. The molecule has 2 aliphatic rings. The molecule has 1 aromatic heterocycles. The Hall–Kier alpha value is -2.05. The Kier molecular flexibility index (Phi) is 4.27. The first-order valence-corrected chi connectivity index (χ1v) is 8.77. The van der Waals surface area contributed by atoms with Crippen LogP contribution in [0.15, 0.2) is 16.4 Å². The molecule has 0 spiro atoms. The number of nitrogens with two attached hydrogens (primary N) is 1. The molecule has 1 fully saturated rings. The van der Waals surface area contributed by atoms with E-state index in [1.54, 1.807) is 7.05 Å². The molecule has 2 aliphatic heterocycles. The summed E-state index contributed by atoms with van der Waals surface area (Å²) in [6.45, 7) is 0. The van der Waals surface area contributed by atoms with Crippen molar-refractivity contribution in [1.82, 2.24) is 19.7 Å². The minimum Gasteiger partial charge on any atom is -0.477 e. The second-order valence-corrected chi connectivity index (χ2v) is 7.18. The van der Waals surface area contributed by atoms with Crippen LogP contribution in [0.5, 0.6) is 0 Å². The first-order chi connectivity index (χ1) is 11.3. The predicted molar refractivity (Wildman–Crippen MR) is 84.4 cm³/mol. The van der Waals surface area contributed by atoms with Gasteiger partial charge in [-0.3, -0.25) is 9.69 Å². The van der Waals surface area contributed by atoms with Crippen molar-refractivity contribution in [3.05, 3.63) is 17.1 Å². The number of aliphatic carboxylic acids is 1. The van der Waals surface area contributed by atoms with Gasteiger partial charge < -0.3 is 15.9 Å². The largest absolute Gasteiger partial charge is 0.477 e. The molecule has 2 atom stereocenters. The molecule has 1 aromatic rings. The third-order valence-electron chi connectivity index (χ3n) is 3.58. The van der Waals surface area contributed by atoms with Crippen LogP contribution < -0.4 is 5.73 Å². The molecule has 1 amide bonds. The SMILES string of the molecule is Cn1nc(C(=O)O)nc1SCC1=C(C(=O)O)N2C(=O)C(N)C2SC1. The lowest BCUT2D eigenvalue weighted by Crippen LogP contribution is -2.68. The van der Waals surface area contributed by atoms with Crippen LogP contribution >= 0.6 is 23.5 Å². The smallest absolute Gasteiger partial charge is 0.375 e. The zero-order valence-electron chi connectivity index (χ0n) is 12.4. The third-order valence-corrected chi connectivity index (χ3v) is 6.05. The summed E-state index contributed by atoms with van der Waals surface area (Å²) in [6.07, 6.45) is 0. The van der Waals surface area contributed by atoms with E-state index in [0.717, 1.165) is 11.8 Å². The molecule has 24 heavy (non-hydrogen) atoms. The van der Waals surface area contributed by atoms with Gasteiger partial charge in [0.15, 0.2) is 5.16 Å². The lowest BCUT2D eigenvalue weighted by Gasteiger charge is -2.48. The van der Waals surface area contributed by atoms with Gasteiger partial charge in [-0.15, -0.1) is 16.9 Å². The number of carbonyl (C=O) groups is 3. The van der Waals surface area contributed by atoms with Gasteiger partial charge in [-0.1, -0.05) is 11.8 Å². The molecule has 0 saturated carbocycles. The van der Waals surface area contributed by atoms with Crippen molar-refractivity contribution < 1.29 is 24.6 Å². The number of aromatic carboxylic acids is 1. The van der Waals surface area contributed by atoms with Crippen LogP contribution in [0.3, 0.4) is 0 Å². The zero-order valence-corrected chi connectivity index (χ0v) is 14.0. The van der Waals surface area contributed by atoms with Crippen molar-refractivity contribution in [2.24, 2.45) is 12.8 Å². The highest BCUT2D eigenvalue weighted by atomic mass is 32.2. The van der Waals surface area contributed by atoms with Crippen LogP contribution in [-0.4, -0.2) is 70.6 Å². The van der Waals surface area contributed by atoms with E-state index in [0.29, 0.717) is 16.5 Å². The summed E-state index contributed by atoms with van der Waals surface area (Å²) < 4.78 is 1.32. The number of hydrogen-bond acceptors (Lipinski definition) is 8. The van der Waals surface area contributed by atoms with Crippen molar-refractivity contribution >= 4 is 41.4 Å². The van der Waals surface area contributed by atoms with Crippen LogP contribution in [0.4, 0.5) is 0 Å². The lowest BCUT2D eigenvalue weighted by atomic mass is 10.0. The Labute approximate surface area is 144 Å². The molecule has 0 aliphatic carbocycles. The molecule has 0 radical (unpaired) electrons. The Morgan fingerprint density at radius 2 is 2.12 bits per heavy atom. The van der Waals surface area contributed by atoms with E-state index in [-0.39, 0.29) is 22.6 Å². The van der Waals surface area contributed by atoms with E-state index in [2.05, 4.69) is 10.1 Å². The van der Waals surface area contributed by atoms with E-state index in [9.17, 15) is 19.5 Å². The van der Waals surface area contributed by atoms with Crippen molar-refractivity contribution in [2.75, 3.05) is 11.5 Å². The molecule has 12 heteroatoms. The molecule has 3 rings (SSSR count). The number of β-lactam (4-membered cyclic amide) rings is 1. The number of hydrogen-bond donors (Lipinski definition) is 3. The fourth-order valence-corrected chi connectivity index (χ4v) is 4.77. The van der Waals surface area contributed by atoms with Gasteiger partial charge in [0, 0.05) is 18.6 Å². The third kappa shape index (κ3) is 2.65. The number of aryl methyl sites for hydroxylation is 1. The van der Waals surface area contributed by atoms with Gasteiger partial charge >= 0.3 is 11.9 Å². The summed E-state index contributed by atoms with van der Waals surface area (Å²) in [5, 5.41) is 22.1. The van der Waals surface area contributed by atoms with Gasteiger partial charge in [0.25, 0.3) is 5.82 Å². The molecule has 0 aromatic carbocycles. The van der Waals surface area contributed by atoms with E-state index in [1.807, 2.05) is 0 Å². The number of carboxylic acids is 2. The van der Waals surface area contributed by atoms with Gasteiger partial charge in [0.05, 0.1) is 0 Å². The summed E-state index contributed by atoms with van der Waals surface area (Å²) >= 11 is 2.58. The second-order valence-electron chi connectivity index (χ2n) is 5.13. The monoisotopic (exact) mass is 371 g/mol. The van der Waals surface area contributed by atoms with E-state index >= 15 is 0 Å². The lowest BCUT2D eigenvalue weighted by molar-refractivity contribution is -0.147. The molecule has 2 unspecified atom stereocenters. The van der Waals surface area contributed by atoms with Gasteiger partial charge in [0.2, 0.25) is 5.91 Å². The zero-order chi connectivity index (χ0) is 17.6. The topological polar surface area (TPSA) is 152 Å². The molecular weight excluding hydrogens is 358 g/mol. The highest BCUT2D eigenvalue weighted by Crippen LogP contribution is 2.40. The average Bonchev–Trinajstić information content (AvgIpc) is 2.92. The average molecular weight is 371 g/mol. The van der Waals surface area contributed by atoms with E-state index < -0.39 is 23.9 Å². The Bertz CT molecular complexity index is 776. The Morgan fingerprint density at radius 3 is 2.71 bits per heavy atom. The van der Waals surface area contributed by atoms with E-state index in [1.165, 1.54) is 21.3 Å². The van der Waals surface area contributed by atoms with Gasteiger partial charge in [0.1, 0.15) is 17.1 Å². The minimum atomic E-state index is -1.24. The molecule has 1 saturated heterocycles. The van der Waals surface area contributed by atoms with Crippen LogP contribution in [0.1, 0.15) is 10.6 Å². The molecule has 3 heterocycles.